The normalized spacial score (nSPS) is 11.4. The lowest BCUT2D eigenvalue weighted by Crippen LogP contribution is -2.15. The third-order valence-corrected chi connectivity index (χ3v) is 6.65. The minimum Gasteiger partial charge on any atom is -0.322 e. The van der Waals surface area contributed by atoms with E-state index >= 15 is 0 Å². The van der Waals surface area contributed by atoms with E-state index in [1.54, 1.807) is 55.8 Å². The molecule has 3 heterocycles. The lowest BCUT2D eigenvalue weighted by molar-refractivity contribution is -0.137. The Balaban J connectivity index is 1.33. The zero-order chi connectivity index (χ0) is 26.9. The quantitative estimate of drug-likeness (QED) is 0.266. The first-order valence-corrected chi connectivity index (χ1v) is 12.1. The molecule has 5 rings (SSSR count). The molecule has 11 heteroatoms. The van der Waals surface area contributed by atoms with Crippen molar-refractivity contribution in [3.05, 3.63) is 101 Å². The molecule has 2 N–H and O–H groups in total. The fourth-order valence-corrected chi connectivity index (χ4v) is 4.48. The molecule has 0 aliphatic heterocycles. The highest BCUT2D eigenvalue weighted by Gasteiger charge is 2.31. The summed E-state index contributed by atoms with van der Waals surface area (Å²) < 4.78 is 39.0. The topological polar surface area (TPSA) is 96.9 Å². The molecular weight excluding hydrogens is 515 g/mol. The van der Waals surface area contributed by atoms with Gasteiger partial charge in [-0.15, -0.1) is 11.3 Å². The second kappa shape index (κ2) is 10.0. The molecule has 0 saturated heterocycles. The van der Waals surface area contributed by atoms with Crippen molar-refractivity contribution in [1.29, 1.82) is 0 Å². The third kappa shape index (κ3) is 5.37. The zero-order valence-electron chi connectivity index (χ0n) is 19.7. The molecule has 5 aromatic rings. The minimum atomic E-state index is -4.56. The molecule has 3 aromatic heterocycles. The predicted octanol–water partition coefficient (Wildman–Crippen LogP) is 6.59. The minimum absolute atomic E-state index is 0.137. The van der Waals surface area contributed by atoms with Crippen LogP contribution in [0.3, 0.4) is 0 Å². The SMILES string of the molecule is Cc1ccc(NC(=O)c2cccc(C(F)(F)F)c2)cc1NC(=O)c1cc2nc(-c3cccnc3)cnc2s1. The first-order chi connectivity index (χ1) is 18.2. The van der Waals surface area contributed by atoms with Crippen molar-refractivity contribution in [2.45, 2.75) is 13.1 Å². The molecule has 0 atom stereocenters. The smallest absolute Gasteiger partial charge is 0.322 e. The number of aryl methyl sites for hydroxylation is 1. The Bertz CT molecular complexity index is 1670. The third-order valence-electron chi connectivity index (χ3n) is 5.62. The van der Waals surface area contributed by atoms with E-state index in [4.69, 9.17) is 0 Å². The number of hydrogen-bond acceptors (Lipinski definition) is 6. The summed E-state index contributed by atoms with van der Waals surface area (Å²) in [5.74, 6) is -1.09. The number of alkyl halides is 3. The molecular formula is C27H18F3N5O2S. The zero-order valence-corrected chi connectivity index (χ0v) is 20.5. The summed E-state index contributed by atoms with van der Waals surface area (Å²) >= 11 is 1.19. The van der Waals surface area contributed by atoms with Gasteiger partial charge in [-0.1, -0.05) is 12.1 Å². The molecule has 0 saturated carbocycles. The van der Waals surface area contributed by atoms with Crippen molar-refractivity contribution in [2.24, 2.45) is 0 Å². The molecule has 0 unspecified atom stereocenters. The van der Waals surface area contributed by atoms with Crippen LogP contribution in [0.1, 0.15) is 31.2 Å². The van der Waals surface area contributed by atoms with Crippen LogP contribution in [0.5, 0.6) is 0 Å². The number of anilines is 2. The van der Waals surface area contributed by atoms with E-state index in [-0.39, 0.29) is 11.5 Å². The molecule has 0 aliphatic rings. The Morgan fingerprint density at radius 3 is 2.53 bits per heavy atom. The number of thiophene rings is 1. The summed E-state index contributed by atoms with van der Waals surface area (Å²) in [6, 6.07) is 14.3. The summed E-state index contributed by atoms with van der Waals surface area (Å²) in [7, 11) is 0. The second-order valence-electron chi connectivity index (χ2n) is 8.31. The Morgan fingerprint density at radius 1 is 0.921 bits per heavy atom. The first-order valence-electron chi connectivity index (χ1n) is 11.2. The van der Waals surface area contributed by atoms with Gasteiger partial charge in [0.2, 0.25) is 0 Å². The lowest BCUT2D eigenvalue weighted by atomic mass is 10.1. The fraction of sp³-hybridized carbons (Fsp3) is 0.0741. The number of nitrogens with zero attached hydrogens (tertiary/aromatic N) is 3. The number of fused-ring (bicyclic) bond motifs is 1. The first kappa shape index (κ1) is 25.0. The summed E-state index contributed by atoms with van der Waals surface area (Å²) in [5, 5.41) is 5.40. The number of halogens is 3. The van der Waals surface area contributed by atoms with E-state index in [1.807, 2.05) is 6.07 Å². The molecule has 38 heavy (non-hydrogen) atoms. The Morgan fingerprint density at radius 2 is 1.76 bits per heavy atom. The van der Waals surface area contributed by atoms with Crippen LogP contribution in [0.15, 0.2) is 79.3 Å². The van der Waals surface area contributed by atoms with Crippen LogP contribution in [0.25, 0.3) is 21.6 Å². The van der Waals surface area contributed by atoms with Crippen LogP contribution >= 0.6 is 11.3 Å². The average Bonchev–Trinajstić information content (AvgIpc) is 3.34. The molecule has 2 aromatic carbocycles. The van der Waals surface area contributed by atoms with Crippen molar-refractivity contribution in [2.75, 3.05) is 10.6 Å². The number of carbonyl (C=O) groups excluding carboxylic acids is 2. The highest BCUT2D eigenvalue weighted by molar-refractivity contribution is 7.20. The number of pyridine rings is 1. The van der Waals surface area contributed by atoms with Crippen LogP contribution in [0.2, 0.25) is 0 Å². The van der Waals surface area contributed by atoms with Crippen LogP contribution in [0, 0.1) is 6.92 Å². The van der Waals surface area contributed by atoms with Gasteiger partial charge in [0.15, 0.2) is 0 Å². The lowest BCUT2D eigenvalue weighted by Gasteiger charge is -2.12. The summed E-state index contributed by atoms with van der Waals surface area (Å²) in [4.78, 5) is 39.7. The van der Waals surface area contributed by atoms with Crippen LogP contribution < -0.4 is 10.6 Å². The van der Waals surface area contributed by atoms with Gasteiger partial charge in [0.25, 0.3) is 11.8 Å². The molecule has 0 radical (unpaired) electrons. The van der Waals surface area contributed by atoms with E-state index in [0.29, 0.717) is 32.3 Å². The maximum atomic E-state index is 13.0. The fourth-order valence-electron chi connectivity index (χ4n) is 3.65. The summed E-state index contributed by atoms with van der Waals surface area (Å²) in [6.07, 6.45) is 0.404. The molecule has 0 fully saturated rings. The van der Waals surface area contributed by atoms with E-state index in [2.05, 4.69) is 25.6 Å². The number of hydrogen-bond donors (Lipinski definition) is 2. The highest BCUT2D eigenvalue weighted by Crippen LogP contribution is 2.30. The highest BCUT2D eigenvalue weighted by atomic mass is 32.1. The van der Waals surface area contributed by atoms with E-state index in [0.717, 1.165) is 23.3 Å². The average molecular weight is 534 g/mol. The maximum absolute atomic E-state index is 13.0. The van der Waals surface area contributed by atoms with Gasteiger partial charge in [0.1, 0.15) is 10.3 Å². The number of amides is 2. The molecule has 7 nitrogen and oxygen atoms in total. The monoisotopic (exact) mass is 533 g/mol. The Kier molecular flexibility index (Phi) is 6.60. The van der Waals surface area contributed by atoms with Crippen LogP contribution in [-0.2, 0) is 6.18 Å². The van der Waals surface area contributed by atoms with E-state index < -0.39 is 17.6 Å². The predicted molar refractivity (Wildman–Crippen MR) is 139 cm³/mol. The van der Waals surface area contributed by atoms with Crippen molar-refractivity contribution in [1.82, 2.24) is 15.0 Å². The van der Waals surface area contributed by atoms with Crippen molar-refractivity contribution >= 4 is 44.9 Å². The van der Waals surface area contributed by atoms with Crippen LogP contribution in [0.4, 0.5) is 24.5 Å². The largest absolute Gasteiger partial charge is 0.416 e. The number of benzene rings is 2. The van der Waals surface area contributed by atoms with Crippen molar-refractivity contribution < 1.29 is 22.8 Å². The second-order valence-corrected chi connectivity index (χ2v) is 9.35. The van der Waals surface area contributed by atoms with Gasteiger partial charge in [-0.3, -0.25) is 14.6 Å². The van der Waals surface area contributed by atoms with Crippen molar-refractivity contribution in [3.63, 3.8) is 0 Å². The molecule has 0 aliphatic carbocycles. The molecule has 0 bridgehead atoms. The van der Waals surface area contributed by atoms with Gasteiger partial charge in [0, 0.05) is 34.9 Å². The molecule has 2 amide bonds. The maximum Gasteiger partial charge on any atom is 0.416 e. The van der Waals surface area contributed by atoms with Gasteiger partial charge in [-0.05, 0) is 61.0 Å². The van der Waals surface area contributed by atoms with Gasteiger partial charge in [0.05, 0.1) is 22.3 Å². The molecule has 190 valence electrons. The Labute approximate surface area is 218 Å². The summed E-state index contributed by atoms with van der Waals surface area (Å²) in [6.45, 7) is 1.78. The van der Waals surface area contributed by atoms with Crippen molar-refractivity contribution in [3.8, 4) is 11.3 Å². The standard InChI is InChI=1S/C27H18F3N5O2S/c1-15-7-8-19(33-24(36)16-4-2-6-18(10-16)27(28,29)30)11-20(15)35-25(37)23-12-21-26(38-23)32-14-22(34-21)17-5-3-9-31-13-17/h2-14H,1H3,(H,33,36)(H,35,37). The van der Waals surface area contributed by atoms with E-state index in [9.17, 15) is 22.8 Å². The van der Waals surface area contributed by atoms with Gasteiger partial charge >= 0.3 is 6.18 Å². The van der Waals surface area contributed by atoms with Crippen LogP contribution in [-0.4, -0.2) is 26.8 Å². The van der Waals surface area contributed by atoms with Gasteiger partial charge < -0.3 is 10.6 Å². The number of carbonyl (C=O) groups is 2. The van der Waals surface area contributed by atoms with Gasteiger partial charge in [-0.2, -0.15) is 13.2 Å². The molecule has 0 spiro atoms. The number of rotatable bonds is 5. The Hall–Kier alpha value is -4.64. The van der Waals surface area contributed by atoms with E-state index in [1.165, 1.54) is 23.5 Å². The van der Waals surface area contributed by atoms with Gasteiger partial charge in [-0.25, -0.2) is 9.97 Å². The number of aromatic nitrogens is 3. The summed E-state index contributed by atoms with van der Waals surface area (Å²) in [5.41, 5.74) is 2.44. The number of nitrogens with one attached hydrogen (secondary N) is 2.